The van der Waals surface area contributed by atoms with Crippen LogP contribution in [0, 0.1) is 5.82 Å². The number of aromatic nitrogens is 1. The molecule has 2 aromatic rings. The summed E-state index contributed by atoms with van der Waals surface area (Å²) in [5, 5.41) is 0.720. The van der Waals surface area contributed by atoms with Gasteiger partial charge in [0, 0.05) is 23.7 Å². The Morgan fingerprint density at radius 1 is 1.29 bits per heavy atom. The Morgan fingerprint density at radius 3 is 2.59 bits per heavy atom. The third-order valence-corrected chi connectivity index (χ3v) is 2.90. The van der Waals surface area contributed by atoms with E-state index < -0.39 is 0 Å². The van der Waals surface area contributed by atoms with E-state index in [1.807, 2.05) is 26.2 Å². The molecule has 0 radical (unpaired) electrons. The van der Waals surface area contributed by atoms with Crippen LogP contribution in [0.4, 0.5) is 4.39 Å². The molecule has 2 nitrogen and oxygen atoms in total. The largest absolute Gasteiger partial charge is 0.341 e. The fourth-order valence-electron chi connectivity index (χ4n) is 2.33. The van der Waals surface area contributed by atoms with Crippen molar-refractivity contribution < 1.29 is 4.39 Å². The topological polar surface area (TPSA) is 8.17 Å². The van der Waals surface area contributed by atoms with Crippen LogP contribution in [0.2, 0.25) is 0 Å². The number of fused-ring (bicyclic) bond motifs is 1. The molecule has 0 saturated carbocycles. The molecular formula is C14H19FN2. The number of nitrogens with zero attached hydrogens (tertiary/aromatic N) is 2. The van der Waals surface area contributed by atoms with Crippen molar-refractivity contribution in [2.75, 3.05) is 14.1 Å². The van der Waals surface area contributed by atoms with Gasteiger partial charge in [-0.15, -0.1) is 0 Å². The number of halogens is 1. The third kappa shape index (κ3) is 2.20. The summed E-state index contributed by atoms with van der Waals surface area (Å²) in [5.74, 6) is -0.137. The fraction of sp³-hybridized carbons (Fsp3) is 0.429. The minimum atomic E-state index is -0.137. The summed E-state index contributed by atoms with van der Waals surface area (Å²) < 4.78 is 16.0. The van der Waals surface area contributed by atoms with Crippen molar-refractivity contribution in [1.29, 1.82) is 0 Å². The van der Waals surface area contributed by atoms with Crippen molar-refractivity contribution in [3.8, 4) is 0 Å². The van der Waals surface area contributed by atoms with Crippen molar-refractivity contribution in [2.45, 2.75) is 26.4 Å². The van der Waals surface area contributed by atoms with Crippen LogP contribution in [0.5, 0.6) is 0 Å². The first-order valence-electron chi connectivity index (χ1n) is 5.93. The smallest absolute Gasteiger partial charge is 0.132 e. The molecule has 0 aliphatic rings. The molecule has 0 N–H and O–H groups in total. The number of hydrogen-bond donors (Lipinski definition) is 0. The van der Waals surface area contributed by atoms with Crippen LogP contribution in [-0.2, 0) is 6.54 Å². The van der Waals surface area contributed by atoms with Crippen LogP contribution in [0.25, 0.3) is 10.9 Å². The van der Waals surface area contributed by atoms with E-state index in [-0.39, 0.29) is 5.82 Å². The molecule has 1 heterocycles. The number of benzene rings is 1. The van der Waals surface area contributed by atoms with E-state index in [1.165, 1.54) is 6.07 Å². The van der Waals surface area contributed by atoms with E-state index in [2.05, 4.69) is 23.3 Å². The van der Waals surface area contributed by atoms with Crippen molar-refractivity contribution in [1.82, 2.24) is 9.47 Å². The van der Waals surface area contributed by atoms with Crippen LogP contribution < -0.4 is 0 Å². The van der Waals surface area contributed by atoms with E-state index in [4.69, 9.17) is 0 Å². The molecule has 0 unspecified atom stereocenters. The average Bonchev–Trinajstić information content (AvgIpc) is 2.56. The lowest BCUT2D eigenvalue weighted by atomic mass is 10.2. The molecule has 1 aromatic heterocycles. The van der Waals surface area contributed by atoms with Gasteiger partial charge in [-0.05, 0) is 46.1 Å². The molecule has 0 saturated heterocycles. The maximum atomic E-state index is 13.8. The predicted molar refractivity (Wildman–Crippen MR) is 69.7 cm³/mol. The Labute approximate surface area is 102 Å². The van der Waals surface area contributed by atoms with Gasteiger partial charge >= 0.3 is 0 Å². The Balaban J connectivity index is 2.66. The Kier molecular flexibility index (Phi) is 3.20. The Morgan fingerprint density at radius 2 is 2.00 bits per heavy atom. The second-order valence-corrected chi connectivity index (χ2v) is 5.01. The zero-order valence-electron chi connectivity index (χ0n) is 10.9. The van der Waals surface area contributed by atoms with Gasteiger partial charge in [0.15, 0.2) is 0 Å². The molecule has 0 spiro atoms. The van der Waals surface area contributed by atoms with E-state index in [1.54, 1.807) is 6.07 Å². The van der Waals surface area contributed by atoms with Crippen LogP contribution in [0.1, 0.15) is 25.6 Å². The molecule has 0 fully saturated rings. The van der Waals surface area contributed by atoms with Crippen molar-refractivity contribution in [3.63, 3.8) is 0 Å². The molecule has 0 aliphatic heterocycles. The third-order valence-electron chi connectivity index (χ3n) is 2.90. The summed E-state index contributed by atoms with van der Waals surface area (Å²) in [4.78, 5) is 2.10. The summed E-state index contributed by atoms with van der Waals surface area (Å²) in [7, 11) is 4.05. The quantitative estimate of drug-likeness (QED) is 0.790. The van der Waals surface area contributed by atoms with Gasteiger partial charge in [0.1, 0.15) is 5.82 Å². The summed E-state index contributed by atoms with van der Waals surface area (Å²) in [5.41, 5.74) is 2.14. The zero-order chi connectivity index (χ0) is 12.6. The van der Waals surface area contributed by atoms with Gasteiger partial charge in [-0.2, -0.15) is 0 Å². The molecular weight excluding hydrogens is 215 g/mol. The number of rotatable bonds is 3. The normalized spacial score (nSPS) is 11.9. The monoisotopic (exact) mass is 234 g/mol. The minimum Gasteiger partial charge on any atom is -0.341 e. The van der Waals surface area contributed by atoms with Gasteiger partial charge in [-0.3, -0.25) is 0 Å². The number of hydrogen-bond acceptors (Lipinski definition) is 1. The molecule has 0 amide bonds. The van der Waals surface area contributed by atoms with Crippen molar-refractivity contribution in [3.05, 3.63) is 35.8 Å². The van der Waals surface area contributed by atoms with E-state index in [9.17, 15) is 4.39 Å². The van der Waals surface area contributed by atoms with Gasteiger partial charge in [-0.25, -0.2) is 4.39 Å². The van der Waals surface area contributed by atoms with Crippen LogP contribution in [0.3, 0.4) is 0 Å². The van der Waals surface area contributed by atoms with Gasteiger partial charge in [0.25, 0.3) is 0 Å². The average molecular weight is 234 g/mol. The summed E-state index contributed by atoms with van der Waals surface area (Å²) in [6.07, 6.45) is 0. The molecule has 2 rings (SSSR count). The van der Waals surface area contributed by atoms with Crippen LogP contribution >= 0.6 is 0 Å². The molecule has 3 heteroatoms. The van der Waals surface area contributed by atoms with Gasteiger partial charge in [0.2, 0.25) is 0 Å². The Bertz CT molecular complexity index is 526. The van der Waals surface area contributed by atoms with Crippen molar-refractivity contribution >= 4 is 10.9 Å². The minimum absolute atomic E-state index is 0.137. The van der Waals surface area contributed by atoms with Gasteiger partial charge < -0.3 is 9.47 Å². The predicted octanol–water partition coefficient (Wildman–Crippen LogP) is 3.42. The lowest BCUT2D eigenvalue weighted by Gasteiger charge is -2.17. The lowest BCUT2D eigenvalue weighted by Crippen LogP contribution is -2.15. The Hall–Kier alpha value is -1.35. The zero-order valence-corrected chi connectivity index (χ0v) is 10.9. The summed E-state index contributed by atoms with van der Waals surface area (Å²) >= 11 is 0. The second-order valence-electron chi connectivity index (χ2n) is 5.01. The standard InChI is InChI=1S/C14H19FN2/c1-10(2)17-11(9-16(3)4)8-12-13(15)6-5-7-14(12)17/h5-8,10H,9H2,1-4H3. The van der Waals surface area contributed by atoms with E-state index >= 15 is 0 Å². The summed E-state index contributed by atoms with van der Waals surface area (Å²) in [6.45, 7) is 5.08. The fourth-order valence-corrected chi connectivity index (χ4v) is 2.33. The second kappa shape index (κ2) is 4.49. The molecule has 92 valence electrons. The first-order valence-corrected chi connectivity index (χ1v) is 5.93. The van der Waals surface area contributed by atoms with Gasteiger partial charge in [0.05, 0.1) is 5.52 Å². The van der Waals surface area contributed by atoms with E-state index in [0.29, 0.717) is 6.04 Å². The molecule has 17 heavy (non-hydrogen) atoms. The molecule has 0 atom stereocenters. The first-order chi connectivity index (χ1) is 8.00. The molecule has 1 aromatic carbocycles. The highest BCUT2D eigenvalue weighted by atomic mass is 19.1. The maximum absolute atomic E-state index is 13.8. The molecule has 0 bridgehead atoms. The van der Waals surface area contributed by atoms with E-state index in [0.717, 1.165) is 23.1 Å². The van der Waals surface area contributed by atoms with Crippen LogP contribution in [-0.4, -0.2) is 23.6 Å². The van der Waals surface area contributed by atoms with Crippen molar-refractivity contribution in [2.24, 2.45) is 0 Å². The van der Waals surface area contributed by atoms with Gasteiger partial charge in [-0.1, -0.05) is 6.07 Å². The highest BCUT2D eigenvalue weighted by Crippen LogP contribution is 2.26. The SMILES string of the molecule is CC(C)n1c(CN(C)C)cc2c(F)cccc21. The highest BCUT2D eigenvalue weighted by molar-refractivity contribution is 5.82. The maximum Gasteiger partial charge on any atom is 0.132 e. The highest BCUT2D eigenvalue weighted by Gasteiger charge is 2.13. The lowest BCUT2D eigenvalue weighted by molar-refractivity contribution is 0.383. The first kappa shape index (κ1) is 12.1. The summed E-state index contributed by atoms with van der Waals surface area (Å²) in [6, 6.07) is 7.58. The molecule has 0 aliphatic carbocycles. The van der Waals surface area contributed by atoms with Crippen LogP contribution in [0.15, 0.2) is 24.3 Å².